The Labute approximate surface area is 156 Å². The third kappa shape index (κ3) is 4.37. The van der Waals surface area contributed by atoms with Crippen LogP contribution in [-0.2, 0) is 14.4 Å². The number of aliphatic hydroxyl groups excluding tert-OH is 1. The van der Waals surface area contributed by atoms with Crippen molar-refractivity contribution in [3.05, 3.63) is 29.8 Å². The van der Waals surface area contributed by atoms with Crippen molar-refractivity contribution in [2.75, 3.05) is 14.2 Å². The van der Waals surface area contributed by atoms with E-state index in [4.69, 9.17) is 14.3 Å². The summed E-state index contributed by atoms with van der Waals surface area (Å²) in [4.78, 5) is 18.5. The van der Waals surface area contributed by atoms with Gasteiger partial charge in [0.2, 0.25) is 0 Å². The molecule has 2 rings (SSSR count). The Hall–Kier alpha value is -1.63. The zero-order chi connectivity index (χ0) is 19.5. The quantitative estimate of drug-likeness (QED) is 0.835. The lowest BCUT2D eigenvalue weighted by molar-refractivity contribution is -0.274. The summed E-state index contributed by atoms with van der Waals surface area (Å²) >= 11 is 0. The molecule has 26 heavy (non-hydrogen) atoms. The smallest absolute Gasteiger partial charge is 0.357 e. The molecule has 0 unspecified atom stereocenters. The number of ether oxygens (including phenoxy) is 2. The Kier molecular flexibility index (Phi) is 6.32. The van der Waals surface area contributed by atoms with E-state index in [1.54, 1.807) is 36.4 Å². The molecule has 0 radical (unpaired) electrons. The van der Waals surface area contributed by atoms with Gasteiger partial charge in [-0.05, 0) is 64.7 Å². The largest absolute Gasteiger partial charge is 0.497 e. The summed E-state index contributed by atoms with van der Waals surface area (Å²) in [6.45, 7) is 8.23. The van der Waals surface area contributed by atoms with E-state index in [9.17, 15) is 9.90 Å². The lowest BCUT2D eigenvalue weighted by Crippen LogP contribution is -2.59. The van der Waals surface area contributed by atoms with E-state index in [-0.39, 0.29) is 11.1 Å². The molecule has 6 heteroatoms. The van der Waals surface area contributed by atoms with Crippen molar-refractivity contribution in [2.24, 2.45) is 0 Å². The molecular formula is C20H31NO5. The summed E-state index contributed by atoms with van der Waals surface area (Å²) in [6, 6.07) is 6.87. The first-order valence-electron chi connectivity index (χ1n) is 8.99. The molecule has 0 amide bonds. The number of carbonyl (C=O) groups excluding carboxylic acids is 1. The first kappa shape index (κ1) is 20.7. The minimum Gasteiger partial charge on any atom is -0.497 e. The van der Waals surface area contributed by atoms with Crippen LogP contribution in [0, 0.1) is 0 Å². The molecule has 1 aromatic rings. The van der Waals surface area contributed by atoms with E-state index >= 15 is 0 Å². The molecule has 0 bridgehead atoms. The summed E-state index contributed by atoms with van der Waals surface area (Å²) in [5.41, 5.74) is 0.00779. The van der Waals surface area contributed by atoms with Crippen LogP contribution in [0.5, 0.6) is 5.75 Å². The van der Waals surface area contributed by atoms with Crippen LogP contribution < -0.4 is 4.74 Å². The molecule has 1 heterocycles. The van der Waals surface area contributed by atoms with Gasteiger partial charge in [-0.15, -0.1) is 5.06 Å². The molecule has 0 saturated carbocycles. The highest BCUT2D eigenvalue weighted by molar-refractivity contribution is 5.75. The maximum absolute atomic E-state index is 12.8. The number of benzene rings is 1. The number of carbonyl (C=O) groups is 1. The van der Waals surface area contributed by atoms with Crippen LogP contribution in [0.1, 0.15) is 58.6 Å². The summed E-state index contributed by atoms with van der Waals surface area (Å²) in [5, 5.41) is 12.4. The molecule has 0 spiro atoms. The molecule has 1 aliphatic rings. The Bertz CT molecular complexity index is 595. The van der Waals surface area contributed by atoms with Crippen molar-refractivity contribution in [1.29, 1.82) is 0 Å². The number of hydrogen-bond acceptors (Lipinski definition) is 6. The van der Waals surface area contributed by atoms with Crippen LogP contribution in [0.4, 0.5) is 0 Å². The van der Waals surface area contributed by atoms with Crippen molar-refractivity contribution in [2.45, 2.75) is 70.2 Å². The molecule has 146 valence electrons. The van der Waals surface area contributed by atoms with Gasteiger partial charge in [-0.1, -0.05) is 12.1 Å². The van der Waals surface area contributed by atoms with Gasteiger partial charge in [-0.3, -0.25) is 0 Å². The van der Waals surface area contributed by atoms with Crippen molar-refractivity contribution in [3.63, 3.8) is 0 Å². The Morgan fingerprint density at radius 1 is 1.08 bits per heavy atom. The highest BCUT2D eigenvalue weighted by Crippen LogP contribution is 2.38. The average molecular weight is 365 g/mol. The van der Waals surface area contributed by atoms with Crippen molar-refractivity contribution < 1.29 is 24.2 Å². The topological polar surface area (TPSA) is 68.2 Å². The number of aliphatic hydroxyl groups is 1. The normalized spacial score (nSPS) is 21.7. The van der Waals surface area contributed by atoms with E-state index in [1.807, 2.05) is 0 Å². The number of rotatable bonds is 6. The summed E-state index contributed by atoms with van der Waals surface area (Å²) in [6.07, 6.45) is 0.701. The predicted octanol–water partition coefficient (Wildman–Crippen LogP) is 3.24. The van der Waals surface area contributed by atoms with Crippen LogP contribution in [0.25, 0.3) is 0 Å². The molecule has 1 aromatic carbocycles. The summed E-state index contributed by atoms with van der Waals surface area (Å²) in [7, 11) is 2.97. The Morgan fingerprint density at radius 3 is 2.08 bits per heavy atom. The van der Waals surface area contributed by atoms with Gasteiger partial charge in [0, 0.05) is 7.11 Å². The monoisotopic (exact) mass is 365 g/mol. The number of methoxy groups -OCH3 is 2. The number of nitrogens with zero attached hydrogens (tertiary/aromatic N) is 1. The van der Waals surface area contributed by atoms with Crippen molar-refractivity contribution in [3.8, 4) is 5.75 Å². The van der Waals surface area contributed by atoms with Gasteiger partial charge in [-0.25, -0.2) is 4.79 Å². The van der Waals surface area contributed by atoms with Gasteiger partial charge in [0.05, 0.1) is 18.2 Å². The van der Waals surface area contributed by atoms with Crippen LogP contribution >= 0.6 is 0 Å². The second kappa shape index (κ2) is 7.94. The van der Waals surface area contributed by atoms with Crippen LogP contribution in [0.15, 0.2) is 24.3 Å². The number of piperidine rings is 1. The van der Waals surface area contributed by atoms with Gasteiger partial charge in [0.25, 0.3) is 0 Å². The van der Waals surface area contributed by atoms with Gasteiger partial charge in [0.15, 0.2) is 6.10 Å². The first-order valence-corrected chi connectivity index (χ1v) is 8.99. The van der Waals surface area contributed by atoms with E-state index in [0.717, 1.165) is 19.3 Å². The highest BCUT2D eigenvalue weighted by Gasteiger charge is 2.45. The number of hydrogen-bond donors (Lipinski definition) is 1. The SMILES string of the molecule is COc1ccc([C@@H](O)[C@H](OC)C(=O)ON2C(C)(C)CCCC2(C)C)cc1. The van der Waals surface area contributed by atoms with Gasteiger partial charge < -0.3 is 19.4 Å². The second-order valence-electron chi connectivity index (χ2n) is 8.06. The Morgan fingerprint density at radius 2 is 1.62 bits per heavy atom. The predicted molar refractivity (Wildman–Crippen MR) is 98.7 cm³/mol. The van der Waals surface area contributed by atoms with Gasteiger partial charge in [-0.2, -0.15) is 0 Å². The zero-order valence-corrected chi connectivity index (χ0v) is 16.6. The van der Waals surface area contributed by atoms with Crippen molar-refractivity contribution >= 4 is 5.97 Å². The van der Waals surface area contributed by atoms with E-state index in [2.05, 4.69) is 27.7 Å². The molecule has 0 aliphatic carbocycles. The lowest BCUT2D eigenvalue weighted by atomic mass is 9.82. The third-order valence-corrected chi connectivity index (χ3v) is 5.09. The fourth-order valence-corrected chi connectivity index (χ4v) is 3.69. The standard InChI is InChI=1S/C20H31NO5/c1-19(2)12-7-13-20(3,4)21(19)26-18(23)17(25-6)16(22)14-8-10-15(24-5)11-9-14/h8-11,16-17,22H,7,12-13H2,1-6H3/t16-,17+/m1/s1. The molecule has 2 atom stereocenters. The molecular weight excluding hydrogens is 334 g/mol. The maximum atomic E-state index is 12.8. The van der Waals surface area contributed by atoms with Crippen LogP contribution in [0.3, 0.4) is 0 Å². The average Bonchev–Trinajstić information content (AvgIpc) is 2.58. The van der Waals surface area contributed by atoms with Gasteiger partial charge >= 0.3 is 5.97 Å². The molecule has 0 aromatic heterocycles. The first-order chi connectivity index (χ1) is 12.1. The molecule has 6 nitrogen and oxygen atoms in total. The fourth-order valence-electron chi connectivity index (χ4n) is 3.69. The third-order valence-electron chi connectivity index (χ3n) is 5.09. The summed E-state index contributed by atoms with van der Waals surface area (Å²) in [5.74, 6) is 0.0770. The van der Waals surface area contributed by atoms with Crippen molar-refractivity contribution in [1.82, 2.24) is 5.06 Å². The molecule has 1 aliphatic heterocycles. The van der Waals surface area contributed by atoms with Crippen LogP contribution in [0.2, 0.25) is 0 Å². The molecule has 1 saturated heterocycles. The summed E-state index contributed by atoms with van der Waals surface area (Å²) < 4.78 is 10.4. The molecule has 1 fully saturated rings. The minimum atomic E-state index is -1.13. The number of hydroxylamine groups is 2. The lowest BCUT2D eigenvalue weighted by Gasteiger charge is -2.50. The fraction of sp³-hybridized carbons (Fsp3) is 0.650. The van der Waals surface area contributed by atoms with E-state index in [1.165, 1.54) is 7.11 Å². The van der Waals surface area contributed by atoms with E-state index < -0.39 is 18.2 Å². The Balaban J connectivity index is 2.16. The van der Waals surface area contributed by atoms with Crippen LogP contribution in [-0.4, -0.2) is 47.5 Å². The zero-order valence-electron chi connectivity index (χ0n) is 16.6. The second-order valence-corrected chi connectivity index (χ2v) is 8.06. The maximum Gasteiger partial charge on any atom is 0.357 e. The van der Waals surface area contributed by atoms with E-state index in [0.29, 0.717) is 11.3 Å². The van der Waals surface area contributed by atoms with Gasteiger partial charge in [0.1, 0.15) is 11.9 Å². The molecule has 1 N–H and O–H groups in total. The minimum absolute atomic E-state index is 0.277. The highest BCUT2D eigenvalue weighted by atomic mass is 16.7.